The third-order valence-electron chi connectivity index (χ3n) is 2.20. The molecule has 1 aromatic carbocycles. The van der Waals surface area contributed by atoms with Crippen LogP contribution in [0.15, 0.2) is 22.7 Å². The second-order valence-corrected chi connectivity index (χ2v) is 3.43. The van der Waals surface area contributed by atoms with Gasteiger partial charge in [0, 0.05) is 5.56 Å². The van der Waals surface area contributed by atoms with E-state index in [9.17, 15) is 17.6 Å². The van der Waals surface area contributed by atoms with Crippen LogP contribution in [-0.4, -0.2) is 18.0 Å². The van der Waals surface area contributed by atoms with Crippen molar-refractivity contribution in [2.24, 2.45) is 0 Å². The van der Waals surface area contributed by atoms with Gasteiger partial charge in [0.1, 0.15) is 5.82 Å². The molecule has 0 saturated heterocycles. The maximum absolute atomic E-state index is 13.4. The predicted molar refractivity (Wildman–Crippen MR) is 54.2 cm³/mol. The summed E-state index contributed by atoms with van der Waals surface area (Å²) in [6, 6.07) is 3.73. The van der Waals surface area contributed by atoms with Crippen molar-refractivity contribution < 1.29 is 22.1 Å². The fourth-order valence-electron chi connectivity index (χ4n) is 1.31. The normalized spacial score (nSPS) is 11.8. The number of halogens is 4. The highest BCUT2D eigenvalue weighted by molar-refractivity contribution is 6.08. The molecule has 0 N–H and O–H groups in total. The molecule has 0 aliphatic heterocycles. The number of hydrogen-bond donors (Lipinski definition) is 0. The molecule has 8 heteroatoms. The van der Waals surface area contributed by atoms with Crippen molar-refractivity contribution in [1.29, 1.82) is 0 Å². The lowest BCUT2D eigenvalue weighted by atomic mass is 9.95. The van der Waals surface area contributed by atoms with Gasteiger partial charge in [-0.2, -0.15) is 18.2 Å². The van der Waals surface area contributed by atoms with Crippen molar-refractivity contribution in [3.8, 4) is 11.4 Å². The molecule has 92 valence electrons. The van der Waals surface area contributed by atoms with E-state index in [0.717, 1.165) is 6.07 Å². The molecule has 18 heavy (non-hydrogen) atoms. The van der Waals surface area contributed by atoms with Gasteiger partial charge in [-0.05, 0) is 11.6 Å². The summed E-state index contributed by atoms with van der Waals surface area (Å²) in [5.41, 5.74) is 0.335. The maximum atomic E-state index is 13.4. The van der Waals surface area contributed by atoms with Crippen molar-refractivity contribution in [3.05, 3.63) is 35.5 Å². The number of alkyl halides is 3. The van der Waals surface area contributed by atoms with Gasteiger partial charge in [0.2, 0.25) is 5.82 Å². The van der Waals surface area contributed by atoms with E-state index in [0.29, 0.717) is 0 Å². The zero-order chi connectivity index (χ0) is 13.3. The zero-order valence-electron chi connectivity index (χ0n) is 8.83. The molecule has 0 unspecified atom stereocenters. The van der Waals surface area contributed by atoms with Crippen molar-refractivity contribution in [2.45, 2.75) is 12.5 Å². The van der Waals surface area contributed by atoms with Crippen LogP contribution in [0.25, 0.3) is 11.4 Å². The van der Waals surface area contributed by atoms with Gasteiger partial charge in [0.15, 0.2) is 0 Å². The third-order valence-corrected chi connectivity index (χ3v) is 2.20. The molecule has 1 heterocycles. The van der Waals surface area contributed by atoms with Crippen LogP contribution in [0.4, 0.5) is 17.6 Å². The van der Waals surface area contributed by atoms with Gasteiger partial charge < -0.3 is 4.52 Å². The molecular formula is C10H5BF4N2O. The van der Waals surface area contributed by atoms with Crippen molar-refractivity contribution >= 4 is 7.85 Å². The minimum atomic E-state index is -4.72. The molecule has 2 rings (SSSR count). The second-order valence-electron chi connectivity index (χ2n) is 3.43. The number of benzene rings is 1. The number of aromatic nitrogens is 2. The van der Waals surface area contributed by atoms with E-state index in [2.05, 4.69) is 14.7 Å². The largest absolute Gasteiger partial charge is 0.471 e. The summed E-state index contributed by atoms with van der Waals surface area (Å²) in [6.07, 6.45) is -4.73. The van der Waals surface area contributed by atoms with Crippen LogP contribution < -0.4 is 0 Å². The van der Waals surface area contributed by atoms with Gasteiger partial charge in [-0.25, -0.2) is 4.39 Å². The van der Waals surface area contributed by atoms with Gasteiger partial charge in [-0.3, -0.25) is 0 Å². The van der Waals surface area contributed by atoms with Crippen LogP contribution in [0.5, 0.6) is 0 Å². The monoisotopic (exact) mass is 256 g/mol. The van der Waals surface area contributed by atoms with Crippen molar-refractivity contribution in [1.82, 2.24) is 10.1 Å². The van der Waals surface area contributed by atoms with E-state index in [1.54, 1.807) is 0 Å². The number of hydrogen-bond acceptors (Lipinski definition) is 3. The molecule has 1 aromatic heterocycles. The summed E-state index contributed by atoms with van der Waals surface area (Å²) >= 11 is 0. The molecule has 0 fully saturated rings. The second kappa shape index (κ2) is 4.43. The van der Waals surface area contributed by atoms with Crippen LogP contribution in [0.2, 0.25) is 0 Å². The van der Waals surface area contributed by atoms with Gasteiger partial charge >= 0.3 is 12.1 Å². The standard InChI is InChI=1S/C10H5BF4N2O/c11-4-6-2-1-5(3-7(6)12)8-16-9(18-17-8)10(13,14)15/h1-3H,4H2. The Morgan fingerprint density at radius 2 is 2.00 bits per heavy atom. The summed E-state index contributed by atoms with van der Waals surface area (Å²) in [5.74, 6) is -2.43. The Labute approximate surface area is 100 Å². The van der Waals surface area contributed by atoms with E-state index in [-0.39, 0.29) is 23.3 Å². The molecule has 0 saturated carbocycles. The highest BCUT2D eigenvalue weighted by atomic mass is 19.4. The Balaban J connectivity index is 2.38. The summed E-state index contributed by atoms with van der Waals surface area (Å²) in [4.78, 5) is 3.15. The summed E-state index contributed by atoms with van der Waals surface area (Å²) in [7, 11) is 5.26. The molecule has 0 atom stereocenters. The Morgan fingerprint density at radius 1 is 1.28 bits per heavy atom. The lowest BCUT2D eigenvalue weighted by Gasteiger charge is -2.00. The van der Waals surface area contributed by atoms with Crippen LogP contribution in [-0.2, 0) is 12.5 Å². The Hall–Kier alpha value is -1.86. The molecule has 0 amide bonds. The van der Waals surface area contributed by atoms with Crippen LogP contribution in [0.3, 0.4) is 0 Å². The third kappa shape index (κ3) is 2.37. The van der Waals surface area contributed by atoms with Gasteiger partial charge in [-0.15, -0.1) is 0 Å². The van der Waals surface area contributed by atoms with E-state index < -0.39 is 17.9 Å². The van der Waals surface area contributed by atoms with Crippen molar-refractivity contribution in [3.63, 3.8) is 0 Å². The van der Waals surface area contributed by atoms with Crippen molar-refractivity contribution in [2.75, 3.05) is 0 Å². The number of nitrogens with zero attached hydrogens (tertiary/aromatic N) is 2. The average Bonchev–Trinajstić information content (AvgIpc) is 2.77. The van der Waals surface area contributed by atoms with Crippen LogP contribution in [0.1, 0.15) is 11.5 Å². The maximum Gasteiger partial charge on any atom is 0.471 e. The quantitative estimate of drug-likeness (QED) is 0.612. The lowest BCUT2D eigenvalue weighted by molar-refractivity contribution is -0.159. The topological polar surface area (TPSA) is 38.9 Å². The first-order valence-electron chi connectivity index (χ1n) is 4.81. The zero-order valence-corrected chi connectivity index (χ0v) is 8.83. The van der Waals surface area contributed by atoms with E-state index in [1.165, 1.54) is 12.1 Å². The Kier molecular flexibility index (Phi) is 3.10. The van der Waals surface area contributed by atoms with Gasteiger partial charge in [-0.1, -0.05) is 23.6 Å². The summed E-state index contributed by atoms with van der Waals surface area (Å²) in [6.45, 7) is 0. The Morgan fingerprint density at radius 3 is 2.50 bits per heavy atom. The first-order valence-corrected chi connectivity index (χ1v) is 4.81. The minimum Gasteiger partial charge on any atom is -0.329 e. The average molecular weight is 256 g/mol. The number of rotatable bonds is 2. The molecule has 2 radical (unpaired) electrons. The molecule has 0 bridgehead atoms. The van der Waals surface area contributed by atoms with E-state index in [1.807, 2.05) is 0 Å². The molecular weight excluding hydrogens is 251 g/mol. The minimum absolute atomic E-state index is 0.00778. The highest BCUT2D eigenvalue weighted by Crippen LogP contribution is 2.29. The van der Waals surface area contributed by atoms with Crippen LogP contribution in [0, 0.1) is 5.82 Å². The molecule has 3 nitrogen and oxygen atoms in total. The van der Waals surface area contributed by atoms with Gasteiger partial charge in [0.25, 0.3) is 0 Å². The fraction of sp³-hybridized carbons (Fsp3) is 0.200. The lowest BCUT2D eigenvalue weighted by Crippen LogP contribution is -2.04. The fourth-order valence-corrected chi connectivity index (χ4v) is 1.31. The molecule has 0 aliphatic rings. The van der Waals surface area contributed by atoms with Gasteiger partial charge in [0.05, 0.1) is 7.85 Å². The SMILES string of the molecule is [B]Cc1ccc(-c2noc(C(F)(F)F)n2)cc1F. The smallest absolute Gasteiger partial charge is 0.329 e. The Bertz CT molecular complexity index is 567. The first-order chi connectivity index (χ1) is 8.41. The van der Waals surface area contributed by atoms with Crippen LogP contribution >= 0.6 is 0 Å². The predicted octanol–water partition coefficient (Wildman–Crippen LogP) is 2.56. The van der Waals surface area contributed by atoms with E-state index >= 15 is 0 Å². The highest BCUT2D eigenvalue weighted by Gasteiger charge is 2.38. The summed E-state index contributed by atoms with van der Waals surface area (Å²) in [5, 5.41) is 3.15. The molecule has 0 spiro atoms. The summed E-state index contributed by atoms with van der Waals surface area (Å²) < 4.78 is 54.1. The van der Waals surface area contributed by atoms with E-state index in [4.69, 9.17) is 7.85 Å². The molecule has 2 aromatic rings. The molecule has 0 aliphatic carbocycles. The first kappa shape index (κ1) is 12.6.